The average Bonchev–Trinajstić information content (AvgIpc) is 2.52. The molecule has 0 fully saturated rings. The molecule has 4 heteroatoms. The van der Waals surface area contributed by atoms with E-state index in [0.29, 0.717) is 5.92 Å². The van der Waals surface area contributed by atoms with Crippen LogP contribution in [0.25, 0.3) is 0 Å². The van der Waals surface area contributed by atoms with E-state index in [4.69, 9.17) is 14.2 Å². The van der Waals surface area contributed by atoms with Crippen molar-refractivity contribution in [2.24, 2.45) is 5.92 Å². The van der Waals surface area contributed by atoms with Gasteiger partial charge < -0.3 is 19.5 Å². The monoisotopic (exact) mass is 295 g/mol. The molecule has 1 rings (SSSR count). The van der Waals surface area contributed by atoms with Gasteiger partial charge in [0.25, 0.3) is 0 Å². The molecule has 21 heavy (non-hydrogen) atoms. The van der Waals surface area contributed by atoms with Crippen molar-refractivity contribution >= 4 is 0 Å². The molecule has 120 valence electrons. The normalized spacial score (nSPS) is 12.3. The first kappa shape index (κ1) is 18.0. The van der Waals surface area contributed by atoms with Gasteiger partial charge in [-0.2, -0.15) is 0 Å². The number of nitrogens with one attached hydrogen (secondary N) is 1. The van der Waals surface area contributed by atoms with Crippen molar-refractivity contribution in [2.45, 2.75) is 19.8 Å². The minimum absolute atomic E-state index is 0.532. The second-order valence-corrected chi connectivity index (χ2v) is 5.06. The largest absolute Gasteiger partial charge is 0.496 e. The highest BCUT2D eigenvalue weighted by molar-refractivity contribution is 5.33. The Morgan fingerprint density at radius 1 is 1.14 bits per heavy atom. The fourth-order valence-corrected chi connectivity index (χ4v) is 2.33. The molecule has 1 aromatic rings. The van der Waals surface area contributed by atoms with Gasteiger partial charge in [0.2, 0.25) is 0 Å². The van der Waals surface area contributed by atoms with Gasteiger partial charge in [0.1, 0.15) is 5.75 Å². The number of ether oxygens (including phenoxy) is 3. The molecule has 1 N–H and O–H groups in total. The fourth-order valence-electron chi connectivity index (χ4n) is 2.33. The topological polar surface area (TPSA) is 39.7 Å². The van der Waals surface area contributed by atoms with E-state index in [9.17, 15) is 0 Å². The maximum absolute atomic E-state index is 5.50. The summed E-state index contributed by atoms with van der Waals surface area (Å²) in [4.78, 5) is 0. The van der Waals surface area contributed by atoms with E-state index >= 15 is 0 Å². The van der Waals surface area contributed by atoms with Crippen LogP contribution in [0.3, 0.4) is 0 Å². The second kappa shape index (κ2) is 11.5. The number of rotatable bonds is 12. The molecule has 0 aliphatic heterocycles. The fraction of sp³-hybridized carbons (Fsp3) is 0.647. The van der Waals surface area contributed by atoms with Crippen molar-refractivity contribution in [3.05, 3.63) is 29.8 Å². The van der Waals surface area contributed by atoms with Crippen LogP contribution in [0.1, 0.15) is 18.9 Å². The minimum Gasteiger partial charge on any atom is -0.496 e. The van der Waals surface area contributed by atoms with Crippen LogP contribution in [0.4, 0.5) is 0 Å². The Balaban J connectivity index is 2.53. The number of benzene rings is 1. The molecule has 0 radical (unpaired) electrons. The van der Waals surface area contributed by atoms with Crippen LogP contribution in [-0.4, -0.2) is 47.1 Å². The van der Waals surface area contributed by atoms with E-state index < -0.39 is 0 Å². The van der Waals surface area contributed by atoms with Gasteiger partial charge in [0.15, 0.2) is 0 Å². The van der Waals surface area contributed by atoms with Crippen molar-refractivity contribution in [1.29, 1.82) is 0 Å². The smallest absolute Gasteiger partial charge is 0.122 e. The van der Waals surface area contributed by atoms with Crippen molar-refractivity contribution in [1.82, 2.24) is 5.32 Å². The van der Waals surface area contributed by atoms with E-state index in [0.717, 1.165) is 51.5 Å². The molecular weight excluding hydrogens is 266 g/mol. The van der Waals surface area contributed by atoms with Crippen LogP contribution in [-0.2, 0) is 15.9 Å². The summed E-state index contributed by atoms with van der Waals surface area (Å²) >= 11 is 0. The number of para-hydroxylation sites is 1. The van der Waals surface area contributed by atoms with Gasteiger partial charge in [-0.1, -0.05) is 18.2 Å². The maximum Gasteiger partial charge on any atom is 0.122 e. The summed E-state index contributed by atoms with van der Waals surface area (Å²) < 4.78 is 16.0. The van der Waals surface area contributed by atoms with Gasteiger partial charge in [-0.05, 0) is 43.9 Å². The summed E-state index contributed by atoms with van der Waals surface area (Å²) in [6, 6.07) is 8.24. The lowest BCUT2D eigenvalue weighted by Gasteiger charge is -2.19. The molecule has 1 unspecified atom stereocenters. The summed E-state index contributed by atoms with van der Waals surface area (Å²) in [5.74, 6) is 1.50. The lowest BCUT2D eigenvalue weighted by molar-refractivity contribution is 0.130. The predicted octanol–water partition coefficient (Wildman–Crippen LogP) is 2.52. The Morgan fingerprint density at radius 2 is 1.95 bits per heavy atom. The molecule has 1 aromatic carbocycles. The first-order valence-electron chi connectivity index (χ1n) is 7.71. The van der Waals surface area contributed by atoms with Crippen LogP contribution < -0.4 is 10.1 Å². The summed E-state index contributed by atoms with van der Waals surface area (Å²) in [6.07, 6.45) is 2.04. The molecule has 1 atom stereocenters. The van der Waals surface area contributed by atoms with Gasteiger partial charge in [-0.25, -0.2) is 0 Å². The second-order valence-electron chi connectivity index (χ2n) is 5.06. The van der Waals surface area contributed by atoms with Gasteiger partial charge in [0.05, 0.1) is 13.7 Å². The molecule has 0 aliphatic rings. The molecule has 0 aliphatic carbocycles. The molecule has 0 spiro atoms. The molecular formula is C17H29NO3. The van der Waals surface area contributed by atoms with E-state index in [1.54, 1.807) is 14.2 Å². The SMILES string of the molecule is CCOCCC(CNCCOC)Cc1ccccc1OC. The van der Waals surface area contributed by atoms with Crippen molar-refractivity contribution < 1.29 is 14.2 Å². The Bertz CT molecular complexity index is 371. The third-order valence-electron chi connectivity index (χ3n) is 3.49. The summed E-state index contributed by atoms with van der Waals surface area (Å²) in [5.41, 5.74) is 1.26. The summed E-state index contributed by atoms with van der Waals surface area (Å²) in [7, 11) is 3.45. The number of hydrogen-bond acceptors (Lipinski definition) is 4. The van der Waals surface area contributed by atoms with E-state index in [2.05, 4.69) is 17.4 Å². The standard InChI is InChI=1S/C17H29NO3/c1-4-21-11-9-15(14-18-10-12-19-2)13-16-7-5-6-8-17(16)20-3/h5-8,15,18H,4,9-14H2,1-3H3. The number of hydrogen-bond donors (Lipinski definition) is 1. The Morgan fingerprint density at radius 3 is 2.67 bits per heavy atom. The highest BCUT2D eigenvalue weighted by Gasteiger charge is 2.12. The van der Waals surface area contributed by atoms with E-state index in [1.807, 2.05) is 19.1 Å². The zero-order valence-electron chi connectivity index (χ0n) is 13.6. The van der Waals surface area contributed by atoms with Gasteiger partial charge in [-0.3, -0.25) is 0 Å². The van der Waals surface area contributed by atoms with E-state index in [1.165, 1.54) is 5.56 Å². The van der Waals surface area contributed by atoms with Crippen molar-refractivity contribution in [2.75, 3.05) is 47.1 Å². The Hall–Kier alpha value is -1.10. The Kier molecular flexibility index (Phi) is 9.87. The molecule has 4 nitrogen and oxygen atoms in total. The van der Waals surface area contributed by atoms with Gasteiger partial charge in [-0.15, -0.1) is 0 Å². The summed E-state index contributed by atoms with van der Waals surface area (Å²) in [6.45, 7) is 6.21. The lowest BCUT2D eigenvalue weighted by Crippen LogP contribution is -2.28. The van der Waals surface area contributed by atoms with Crippen molar-refractivity contribution in [3.63, 3.8) is 0 Å². The first-order valence-corrected chi connectivity index (χ1v) is 7.71. The van der Waals surface area contributed by atoms with Crippen molar-refractivity contribution in [3.8, 4) is 5.75 Å². The van der Waals surface area contributed by atoms with Crippen LogP contribution in [0, 0.1) is 5.92 Å². The van der Waals surface area contributed by atoms with Crippen LogP contribution >= 0.6 is 0 Å². The molecule has 0 heterocycles. The zero-order valence-corrected chi connectivity index (χ0v) is 13.6. The quantitative estimate of drug-likeness (QED) is 0.602. The molecule has 0 aromatic heterocycles. The molecule has 0 saturated carbocycles. The van der Waals surface area contributed by atoms with Gasteiger partial charge in [0, 0.05) is 26.9 Å². The minimum atomic E-state index is 0.532. The summed E-state index contributed by atoms with van der Waals surface area (Å²) in [5, 5.41) is 3.45. The Labute approximate surface area is 128 Å². The number of methoxy groups -OCH3 is 2. The first-order chi connectivity index (χ1) is 10.3. The highest BCUT2D eigenvalue weighted by atomic mass is 16.5. The van der Waals surface area contributed by atoms with Crippen LogP contribution in [0.15, 0.2) is 24.3 Å². The predicted molar refractivity (Wildman–Crippen MR) is 86.0 cm³/mol. The molecule has 0 amide bonds. The molecule has 0 saturated heterocycles. The average molecular weight is 295 g/mol. The van der Waals surface area contributed by atoms with Crippen LogP contribution in [0.2, 0.25) is 0 Å². The third-order valence-corrected chi connectivity index (χ3v) is 3.49. The van der Waals surface area contributed by atoms with E-state index in [-0.39, 0.29) is 0 Å². The third kappa shape index (κ3) is 7.46. The molecule has 0 bridgehead atoms. The van der Waals surface area contributed by atoms with Gasteiger partial charge >= 0.3 is 0 Å². The lowest BCUT2D eigenvalue weighted by atomic mass is 9.95. The maximum atomic E-state index is 5.50. The van der Waals surface area contributed by atoms with Crippen LogP contribution in [0.5, 0.6) is 5.75 Å². The zero-order chi connectivity index (χ0) is 15.3. The highest BCUT2D eigenvalue weighted by Crippen LogP contribution is 2.22.